The molecule has 0 unspecified atom stereocenters. The maximum atomic E-state index is 8.89. The first-order valence-corrected chi connectivity index (χ1v) is 1.82. The molecule has 11 heavy (non-hydrogen) atoms. The van der Waals surface area contributed by atoms with Crippen LogP contribution >= 0.6 is 0 Å². The predicted molar refractivity (Wildman–Crippen MR) is 27.1 cm³/mol. The minimum absolute atomic E-state index is 0. The maximum absolute atomic E-state index is 8.89. The zero-order valence-electron chi connectivity index (χ0n) is 5.89. The maximum Gasteiger partial charge on any atom is 4.00 e. The van der Waals surface area contributed by atoms with E-state index >= 15 is 0 Å². The van der Waals surface area contributed by atoms with Gasteiger partial charge in [-0.1, -0.05) is 0 Å². The Morgan fingerprint density at radius 1 is 0.909 bits per heavy atom. The van der Waals surface area contributed by atoms with E-state index in [4.69, 9.17) is 19.8 Å². The molecule has 0 atom stereocenters. The minimum atomic E-state index is -1.08. The molecular weight excluding hydrogens is 391 g/mol. The molecule has 0 bridgehead atoms. The van der Waals surface area contributed by atoms with Crippen molar-refractivity contribution in [2.75, 3.05) is 0 Å². The van der Waals surface area contributed by atoms with Crippen LogP contribution in [0.2, 0.25) is 0 Å². The first-order valence-electron chi connectivity index (χ1n) is 1.82. The number of carboxylic acids is 2. The second-order valence-corrected chi connectivity index (χ2v) is 0.983. The zero-order valence-corrected chi connectivity index (χ0v) is 11.9. The Labute approximate surface area is 103 Å². The van der Waals surface area contributed by atoms with Gasteiger partial charge in [0.1, 0.15) is 0 Å². The van der Waals surface area contributed by atoms with E-state index in [9.17, 15) is 0 Å². The number of carbonyl (C=O) groups is 2. The number of aliphatic carboxylic acids is 2. The van der Waals surface area contributed by atoms with E-state index in [1.807, 2.05) is 0 Å². The molecular formula is C4H6Br2O4Sn. The van der Waals surface area contributed by atoms with E-state index in [2.05, 4.69) is 0 Å². The molecule has 0 aromatic carbocycles. The van der Waals surface area contributed by atoms with Crippen LogP contribution in [0.5, 0.6) is 0 Å². The SMILES string of the molecule is CC(=O)[O-].CC(=O)[O-].[Br-].[Br-].[Sn+4]. The van der Waals surface area contributed by atoms with Gasteiger partial charge in [-0.15, -0.1) is 0 Å². The molecule has 0 radical (unpaired) electrons. The van der Waals surface area contributed by atoms with Crippen molar-refractivity contribution in [2.45, 2.75) is 13.8 Å². The predicted octanol–water partition coefficient (Wildman–Crippen LogP) is -8.86. The summed E-state index contributed by atoms with van der Waals surface area (Å²) in [4.78, 5) is 17.8. The van der Waals surface area contributed by atoms with Gasteiger partial charge in [-0.25, -0.2) is 0 Å². The number of carboxylic acid groups (broad SMARTS) is 2. The number of halogens is 2. The smallest absolute Gasteiger partial charge is 1.00 e. The van der Waals surface area contributed by atoms with E-state index in [1.165, 1.54) is 0 Å². The van der Waals surface area contributed by atoms with E-state index in [1.54, 1.807) is 0 Å². The van der Waals surface area contributed by atoms with Crippen molar-refractivity contribution >= 4 is 35.8 Å². The average molecular weight is 397 g/mol. The van der Waals surface area contributed by atoms with E-state index in [-0.39, 0.29) is 57.9 Å². The van der Waals surface area contributed by atoms with Crippen LogP contribution in [0.1, 0.15) is 13.8 Å². The normalized spacial score (nSPS) is 4.55. The van der Waals surface area contributed by atoms with Gasteiger partial charge in [0.05, 0.1) is 0 Å². The van der Waals surface area contributed by atoms with Crippen LogP contribution < -0.4 is 44.2 Å². The summed E-state index contributed by atoms with van der Waals surface area (Å²) in [5.41, 5.74) is 0. The fourth-order valence-electron chi connectivity index (χ4n) is 0. The van der Waals surface area contributed by atoms with Crippen LogP contribution in [0.25, 0.3) is 0 Å². The quantitative estimate of drug-likeness (QED) is 0.381. The number of rotatable bonds is 0. The summed E-state index contributed by atoms with van der Waals surface area (Å²) in [5, 5.41) is 17.8. The zero-order chi connectivity index (χ0) is 7.15. The van der Waals surface area contributed by atoms with E-state index in [0.29, 0.717) is 0 Å². The van der Waals surface area contributed by atoms with Gasteiger partial charge in [-0.3, -0.25) is 0 Å². The molecule has 0 saturated heterocycles. The largest absolute Gasteiger partial charge is 4.00 e. The summed E-state index contributed by atoms with van der Waals surface area (Å²) in [5.74, 6) is -2.17. The van der Waals surface area contributed by atoms with Gasteiger partial charge in [0.2, 0.25) is 0 Å². The van der Waals surface area contributed by atoms with E-state index in [0.717, 1.165) is 13.8 Å². The van der Waals surface area contributed by atoms with Crippen LogP contribution in [0.15, 0.2) is 0 Å². The summed E-state index contributed by atoms with van der Waals surface area (Å²) < 4.78 is 0. The van der Waals surface area contributed by atoms with Gasteiger partial charge in [-0.05, 0) is 13.8 Å². The standard InChI is InChI=1S/2C2H4O2.2BrH.Sn/c2*1-2(3)4;;;/h2*1H3,(H,3,4);2*1H;/q;;;;+4/p-4. The van der Waals surface area contributed by atoms with Crippen molar-refractivity contribution in [1.29, 1.82) is 0 Å². The molecule has 0 rings (SSSR count). The molecule has 0 spiro atoms. The van der Waals surface area contributed by atoms with Gasteiger partial charge in [-0.2, -0.15) is 0 Å². The van der Waals surface area contributed by atoms with E-state index < -0.39 is 11.9 Å². The fraction of sp³-hybridized carbons (Fsp3) is 0.500. The van der Waals surface area contributed by atoms with Crippen molar-refractivity contribution in [3.8, 4) is 0 Å². The molecule has 0 amide bonds. The molecule has 4 nitrogen and oxygen atoms in total. The fourth-order valence-corrected chi connectivity index (χ4v) is 0. The Morgan fingerprint density at radius 2 is 0.909 bits per heavy atom. The van der Waals surface area contributed by atoms with Gasteiger partial charge in [0.25, 0.3) is 0 Å². The molecule has 0 aliphatic heterocycles. The second kappa shape index (κ2) is 22.4. The van der Waals surface area contributed by atoms with Crippen LogP contribution in [-0.2, 0) is 9.59 Å². The molecule has 0 heterocycles. The molecule has 0 aromatic rings. The van der Waals surface area contributed by atoms with Crippen molar-refractivity contribution in [2.24, 2.45) is 0 Å². The Balaban J connectivity index is -0.0000000171. The Bertz CT molecular complexity index is 78.1. The third-order valence-corrected chi connectivity index (χ3v) is 0. The molecule has 0 aromatic heterocycles. The van der Waals surface area contributed by atoms with Gasteiger partial charge >= 0.3 is 23.9 Å². The average Bonchev–Trinajstić information content (AvgIpc) is 1.25. The summed E-state index contributed by atoms with van der Waals surface area (Å²) in [6, 6.07) is 0. The van der Waals surface area contributed by atoms with Crippen molar-refractivity contribution in [1.82, 2.24) is 0 Å². The molecule has 0 saturated carbocycles. The van der Waals surface area contributed by atoms with Crippen LogP contribution in [-0.4, -0.2) is 35.8 Å². The molecule has 0 N–H and O–H groups in total. The van der Waals surface area contributed by atoms with Gasteiger partial charge in [0.15, 0.2) is 0 Å². The Kier molecular flexibility index (Phi) is 60.8. The number of carbonyl (C=O) groups excluding carboxylic acids is 2. The molecule has 0 aliphatic rings. The minimum Gasteiger partial charge on any atom is -1.00 e. The Hall–Kier alpha value is 0.699. The summed E-state index contributed by atoms with van der Waals surface area (Å²) >= 11 is 0. The number of hydrogen-bond donors (Lipinski definition) is 0. The molecule has 0 aliphatic carbocycles. The van der Waals surface area contributed by atoms with Gasteiger partial charge < -0.3 is 53.8 Å². The first-order chi connectivity index (χ1) is 3.46. The third-order valence-electron chi connectivity index (χ3n) is 0. The Morgan fingerprint density at radius 3 is 0.909 bits per heavy atom. The molecule has 0 fully saturated rings. The summed E-state index contributed by atoms with van der Waals surface area (Å²) in [6.45, 7) is 1.94. The molecule has 64 valence electrons. The van der Waals surface area contributed by atoms with Crippen LogP contribution in [0.4, 0.5) is 0 Å². The van der Waals surface area contributed by atoms with Crippen LogP contribution in [0, 0.1) is 0 Å². The topological polar surface area (TPSA) is 80.3 Å². The monoisotopic (exact) mass is 396 g/mol. The van der Waals surface area contributed by atoms with Crippen molar-refractivity contribution in [3.63, 3.8) is 0 Å². The summed E-state index contributed by atoms with van der Waals surface area (Å²) in [6.07, 6.45) is 0. The third kappa shape index (κ3) is 1660. The summed E-state index contributed by atoms with van der Waals surface area (Å²) in [7, 11) is 0. The second-order valence-electron chi connectivity index (χ2n) is 0.983. The number of hydrogen-bond acceptors (Lipinski definition) is 4. The van der Waals surface area contributed by atoms with Gasteiger partial charge in [0, 0.05) is 11.9 Å². The van der Waals surface area contributed by atoms with Crippen LogP contribution in [0.3, 0.4) is 0 Å². The first kappa shape index (κ1) is 29.8. The molecule has 7 heteroatoms. The van der Waals surface area contributed by atoms with Crippen molar-refractivity contribution < 1.29 is 53.8 Å². The van der Waals surface area contributed by atoms with Crippen molar-refractivity contribution in [3.05, 3.63) is 0 Å².